The molecule has 2 aromatic rings. The number of rotatable bonds is 11. The smallest absolute Gasteiger partial charge is 0.406 e. The fraction of sp³-hybridized carbons (Fsp3) is 0.520. The largest absolute Gasteiger partial charge is 0.573 e. The molecule has 0 aromatic heterocycles. The molecule has 0 aliphatic carbocycles. The minimum absolute atomic E-state index is 0.130. The second kappa shape index (κ2) is 14.8. The van der Waals surface area contributed by atoms with Gasteiger partial charge in [0.1, 0.15) is 11.5 Å². The van der Waals surface area contributed by atoms with Crippen molar-refractivity contribution in [3.05, 3.63) is 59.7 Å². The monoisotopic (exact) mass is 508 g/mol. The summed E-state index contributed by atoms with van der Waals surface area (Å²) in [4.78, 5) is 0. The van der Waals surface area contributed by atoms with E-state index in [4.69, 9.17) is 5.73 Å². The average molecular weight is 509 g/mol. The van der Waals surface area contributed by atoms with Crippen LogP contribution in [0.3, 0.4) is 0 Å². The third kappa shape index (κ3) is 13.3. The fourth-order valence-corrected chi connectivity index (χ4v) is 3.30. The lowest BCUT2D eigenvalue weighted by Gasteiger charge is -2.17. The maximum absolute atomic E-state index is 12.0. The number of hydrogen-bond donors (Lipinski definition) is 2. The van der Waals surface area contributed by atoms with Gasteiger partial charge in [0.05, 0.1) is 0 Å². The number of nitrogens with two attached hydrogens (primary N) is 1. The van der Waals surface area contributed by atoms with Crippen LogP contribution in [-0.2, 0) is 0 Å². The van der Waals surface area contributed by atoms with Crippen molar-refractivity contribution >= 4 is 0 Å². The van der Waals surface area contributed by atoms with Crippen LogP contribution in [0.25, 0.3) is 0 Å². The van der Waals surface area contributed by atoms with Gasteiger partial charge >= 0.3 is 12.7 Å². The van der Waals surface area contributed by atoms with Crippen molar-refractivity contribution in [3.8, 4) is 11.5 Å². The van der Waals surface area contributed by atoms with E-state index in [2.05, 4.69) is 28.6 Å². The molecule has 0 fully saturated rings. The molecule has 0 heterocycles. The van der Waals surface area contributed by atoms with Crippen molar-refractivity contribution in [2.45, 2.75) is 77.2 Å². The summed E-state index contributed by atoms with van der Waals surface area (Å²) in [6, 6.07) is 11.8. The van der Waals surface area contributed by atoms with E-state index in [0.717, 1.165) is 49.7 Å². The Morgan fingerprint density at radius 2 is 1.11 bits per heavy atom. The predicted octanol–water partition coefficient (Wildman–Crippen LogP) is 7.81. The number of alkyl halides is 6. The summed E-state index contributed by atoms with van der Waals surface area (Å²) in [5.74, 6) is -0.402. The summed E-state index contributed by atoms with van der Waals surface area (Å²) in [6.45, 7) is 4.17. The average Bonchev–Trinajstić information content (AvgIpc) is 2.78. The van der Waals surface area contributed by atoms with E-state index < -0.39 is 12.7 Å². The van der Waals surface area contributed by atoms with Gasteiger partial charge in [-0.1, -0.05) is 63.8 Å². The van der Waals surface area contributed by atoms with Gasteiger partial charge in [0.15, 0.2) is 0 Å². The molecule has 2 aromatic carbocycles. The molecule has 35 heavy (non-hydrogen) atoms. The summed E-state index contributed by atoms with van der Waals surface area (Å²) in [5, 5.41) is 3.16. The SMILES string of the molecule is CCCC[C@@H](N)c1ccc(OC(F)(F)F)cc1.CCCC[C@H](NC)c1ccc(OC(F)(F)F)cc1. The first-order valence-corrected chi connectivity index (χ1v) is 11.5. The molecule has 0 unspecified atom stereocenters. The summed E-state index contributed by atoms with van der Waals surface area (Å²) < 4.78 is 79.4. The van der Waals surface area contributed by atoms with Gasteiger partial charge in [-0.25, -0.2) is 0 Å². The molecule has 0 aliphatic rings. The summed E-state index contributed by atoms with van der Waals surface area (Å²) in [5.41, 5.74) is 7.69. The van der Waals surface area contributed by atoms with Gasteiger partial charge in [0, 0.05) is 12.1 Å². The van der Waals surface area contributed by atoms with Crippen molar-refractivity contribution in [2.75, 3.05) is 7.05 Å². The van der Waals surface area contributed by atoms with E-state index in [9.17, 15) is 26.3 Å². The van der Waals surface area contributed by atoms with Crippen molar-refractivity contribution in [3.63, 3.8) is 0 Å². The van der Waals surface area contributed by atoms with Crippen LogP contribution in [0.1, 0.15) is 75.6 Å². The van der Waals surface area contributed by atoms with E-state index in [1.807, 2.05) is 7.05 Å². The first kappa shape index (κ1) is 30.6. The highest BCUT2D eigenvalue weighted by molar-refractivity contribution is 5.30. The second-order valence-corrected chi connectivity index (χ2v) is 7.97. The number of unbranched alkanes of at least 4 members (excludes halogenated alkanes) is 2. The molecule has 0 bridgehead atoms. The zero-order valence-electron chi connectivity index (χ0n) is 20.2. The highest BCUT2D eigenvalue weighted by atomic mass is 19.4. The quantitative estimate of drug-likeness (QED) is 0.304. The number of halogens is 6. The molecular weight excluding hydrogens is 474 g/mol. The van der Waals surface area contributed by atoms with Crippen LogP contribution in [0.2, 0.25) is 0 Å². The van der Waals surface area contributed by atoms with Gasteiger partial charge in [-0.3, -0.25) is 0 Å². The van der Waals surface area contributed by atoms with Crippen LogP contribution in [-0.4, -0.2) is 19.8 Å². The highest BCUT2D eigenvalue weighted by Crippen LogP contribution is 2.26. The molecule has 0 saturated heterocycles. The Hall–Kier alpha value is -2.46. The molecular formula is C25H34F6N2O2. The van der Waals surface area contributed by atoms with Crippen molar-refractivity contribution in [1.29, 1.82) is 0 Å². The third-order valence-electron chi connectivity index (χ3n) is 5.12. The summed E-state index contributed by atoms with van der Waals surface area (Å²) in [6.07, 6.45) is -3.27. The zero-order chi connectivity index (χ0) is 26.5. The van der Waals surface area contributed by atoms with Crippen LogP contribution in [0.4, 0.5) is 26.3 Å². The minimum atomic E-state index is -4.65. The van der Waals surface area contributed by atoms with Crippen LogP contribution in [0.15, 0.2) is 48.5 Å². The van der Waals surface area contributed by atoms with Crippen molar-refractivity contribution in [2.24, 2.45) is 5.73 Å². The molecule has 10 heteroatoms. The van der Waals surface area contributed by atoms with Crippen LogP contribution in [0, 0.1) is 0 Å². The molecule has 2 atom stereocenters. The molecule has 0 radical (unpaired) electrons. The predicted molar refractivity (Wildman–Crippen MR) is 124 cm³/mol. The first-order valence-electron chi connectivity index (χ1n) is 11.5. The molecule has 0 spiro atoms. The van der Waals surface area contributed by atoms with E-state index in [1.165, 1.54) is 24.3 Å². The molecule has 2 rings (SSSR count). The molecule has 0 amide bonds. The van der Waals surface area contributed by atoms with E-state index in [1.54, 1.807) is 24.3 Å². The Morgan fingerprint density at radius 1 is 0.714 bits per heavy atom. The number of benzene rings is 2. The van der Waals surface area contributed by atoms with Gasteiger partial charge in [-0.05, 0) is 55.3 Å². The molecule has 3 N–H and O–H groups in total. The zero-order valence-corrected chi connectivity index (χ0v) is 20.2. The lowest BCUT2D eigenvalue weighted by molar-refractivity contribution is -0.275. The lowest BCUT2D eigenvalue weighted by atomic mass is 10.0. The van der Waals surface area contributed by atoms with Crippen molar-refractivity contribution in [1.82, 2.24) is 5.32 Å². The van der Waals surface area contributed by atoms with Crippen LogP contribution in [0.5, 0.6) is 11.5 Å². The Morgan fingerprint density at radius 3 is 1.49 bits per heavy atom. The molecule has 0 saturated carbocycles. The van der Waals surface area contributed by atoms with E-state index in [0.29, 0.717) is 0 Å². The van der Waals surface area contributed by atoms with Gasteiger partial charge in [0.25, 0.3) is 0 Å². The van der Waals surface area contributed by atoms with Crippen molar-refractivity contribution < 1.29 is 35.8 Å². The number of hydrogen-bond acceptors (Lipinski definition) is 4. The number of nitrogens with one attached hydrogen (secondary N) is 1. The standard InChI is InChI=1S/C13H18F3NO.C12H16F3NO/c1-3-4-5-12(17-2)10-6-8-11(9-7-10)18-13(14,15)16;1-2-3-4-11(16)9-5-7-10(8-6-9)17-12(13,14)15/h6-9,12,17H,3-5H2,1-2H3;5-8,11H,2-4,16H2,1H3/t12-;11-/m01/s1. The maximum atomic E-state index is 12.0. The second-order valence-electron chi connectivity index (χ2n) is 7.97. The lowest BCUT2D eigenvalue weighted by Crippen LogP contribution is -2.18. The van der Waals surface area contributed by atoms with E-state index in [-0.39, 0.29) is 23.6 Å². The first-order chi connectivity index (χ1) is 16.4. The Bertz CT molecular complexity index is 824. The molecule has 4 nitrogen and oxygen atoms in total. The molecule has 198 valence electrons. The van der Waals surface area contributed by atoms with Gasteiger partial charge in [0.2, 0.25) is 0 Å². The van der Waals surface area contributed by atoms with E-state index >= 15 is 0 Å². The van der Waals surface area contributed by atoms with Crippen LogP contribution >= 0.6 is 0 Å². The maximum Gasteiger partial charge on any atom is 0.573 e. The van der Waals surface area contributed by atoms with Gasteiger partial charge in [-0.15, -0.1) is 26.3 Å². The van der Waals surface area contributed by atoms with Gasteiger partial charge < -0.3 is 20.5 Å². The topological polar surface area (TPSA) is 56.5 Å². The Labute approximate surface area is 202 Å². The Balaban J connectivity index is 0.000000351. The number of ether oxygens (including phenoxy) is 2. The highest BCUT2D eigenvalue weighted by Gasteiger charge is 2.31. The van der Waals surface area contributed by atoms with Crippen LogP contribution < -0.4 is 20.5 Å². The molecule has 0 aliphatic heterocycles. The third-order valence-corrected chi connectivity index (χ3v) is 5.12. The normalized spacial score (nSPS) is 13.4. The summed E-state index contributed by atoms with van der Waals surface area (Å²) >= 11 is 0. The summed E-state index contributed by atoms with van der Waals surface area (Å²) in [7, 11) is 1.85. The minimum Gasteiger partial charge on any atom is -0.406 e. The fourth-order valence-electron chi connectivity index (χ4n) is 3.30. The van der Waals surface area contributed by atoms with Gasteiger partial charge in [-0.2, -0.15) is 0 Å². The Kier molecular flexibility index (Phi) is 13.0.